The summed E-state index contributed by atoms with van der Waals surface area (Å²) in [5.41, 5.74) is 2.62. The van der Waals surface area contributed by atoms with Crippen molar-refractivity contribution in [1.29, 1.82) is 0 Å². The number of aliphatic hydroxyl groups is 1. The van der Waals surface area contributed by atoms with E-state index in [1.165, 1.54) is 6.07 Å². The molecule has 0 bridgehead atoms. The fraction of sp³-hybridized carbons (Fsp3) is 0.273. The van der Waals surface area contributed by atoms with Crippen LogP contribution >= 0.6 is 11.6 Å². The number of nitrogens with zero attached hydrogens (tertiary/aromatic N) is 2. The molecule has 31 heavy (non-hydrogen) atoms. The third-order valence-corrected chi connectivity index (χ3v) is 5.59. The number of aromatic amines is 1. The van der Waals surface area contributed by atoms with Crippen molar-refractivity contribution in [3.63, 3.8) is 0 Å². The van der Waals surface area contributed by atoms with Crippen molar-refractivity contribution < 1.29 is 24.5 Å². The van der Waals surface area contributed by atoms with Gasteiger partial charge in [-0.2, -0.15) is 5.10 Å². The molecule has 9 heteroatoms. The van der Waals surface area contributed by atoms with Gasteiger partial charge in [0.05, 0.1) is 20.3 Å². The number of nitrogens with one attached hydrogen (secondary N) is 1. The van der Waals surface area contributed by atoms with Crippen LogP contribution in [-0.2, 0) is 0 Å². The van der Waals surface area contributed by atoms with Gasteiger partial charge in [0.1, 0.15) is 17.1 Å². The molecule has 8 nitrogen and oxygen atoms in total. The van der Waals surface area contributed by atoms with Crippen LogP contribution in [0, 0.1) is 0 Å². The Morgan fingerprint density at radius 3 is 2.65 bits per heavy atom. The molecule has 3 N–H and O–H groups in total. The molecule has 0 spiro atoms. The summed E-state index contributed by atoms with van der Waals surface area (Å²) in [6.45, 7) is 0.300. The van der Waals surface area contributed by atoms with Gasteiger partial charge in [-0.3, -0.25) is 9.89 Å². The predicted octanol–water partition coefficient (Wildman–Crippen LogP) is 3.38. The number of amides is 1. The quantitative estimate of drug-likeness (QED) is 0.516. The number of rotatable bonds is 7. The van der Waals surface area contributed by atoms with Gasteiger partial charge < -0.3 is 24.6 Å². The van der Waals surface area contributed by atoms with Crippen LogP contribution in [0.4, 0.5) is 0 Å². The number of halogens is 1. The highest BCUT2D eigenvalue weighted by atomic mass is 35.5. The van der Waals surface area contributed by atoms with Crippen molar-refractivity contribution in [2.45, 2.75) is 12.5 Å². The molecule has 1 aromatic heterocycles. The number of phenolic OH excluding ortho intramolecular Hbond substituents is 1. The lowest BCUT2D eigenvalue weighted by molar-refractivity contribution is 0.0732. The molecule has 0 saturated heterocycles. The Morgan fingerprint density at radius 2 is 1.94 bits per heavy atom. The van der Waals surface area contributed by atoms with E-state index in [1.54, 1.807) is 37.3 Å². The number of carbonyl (C=O) groups is 1. The fourth-order valence-electron chi connectivity index (χ4n) is 3.94. The molecule has 1 unspecified atom stereocenters. The molecule has 2 aromatic carbocycles. The third kappa shape index (κ3) is 3.58. The predicted molar refractivity (Wildman–Crippen MR) is 115 cm³/mol. The number of H-pyrrole nitrogens is 1. The van der Waals surface area contributed by atoms with Crippen molar-refractivity contribution in [2.24, 2.45) is 0 Å². The second kappa shape index (κ2) is 8.49. The lowest BCUT2D eigenvalue weighted by Gasteiger charge is -2.26. The van der Waals surface area contributed by atoms with Gasteiger partial charge in [0.15, 0.2) is 11.5 Å². The number of aromatic hydroxyl groups is 1. The van der Waals surface area contributed by atoms with E-state index < -0.39 is 6.04 Å². The molecule has 3 aromatic rings. The normalized spacial score (nSPS) is 15.3. The second-order valence-corrected chi connectivity index (χ2v) is 7.55. The fourth-order valence-corrected chi connectivity index (χ4v) is 4.11. The number of hydrogen-bond donors (Lipinski definition) is 3. The van der Waals surface area contributed by atoms with Gasteiger partial charge >= 0.3 is 0 Å². The van der Waals surface area contributed by atoms with Crippen LogP contribution < -0.4 is 9.47 Å². The van der Waals surface area contributed by atoms with Crippen LogP contribution in [0.5, 0.6) is 17.2 Å². The Balaban J connectivity index is 1.90. The molecule has 0 saturated carbocycles. The topological polar surface area (TPSA) is 108 Å². The molecule has 1 aliphatic rings. The summed E-state index contributed by atoms with van der Waals surface area (Å²) in [5, 5.41) is 27.4. The van der Waals surface area contributed by atoms with E-state index in [1.807, 2.05) is 12.1 Å². The molecule has 0 fully saturated rings. The van der Waals surface area contributed by atoms with E-state index >= 15 is 0 Å². The standard InChI is InChI=1S/C22H22ClN3O5/c1-30-16-7-4-12(10-17(16)31-2)21-18-19(14-11-13(23)5-6-15(14)28)24-25-20(18)22(29)26(21)8-3-9-27/h4-7,10-11,21,27-28H,3,8-9H2,1-2H3,(H,24,25). The van der Waals surface area contributed by atoms with Crippen molar-refractivity contribution in [2.75, 3.05) is 27.4 Å². The highest BCUT2D eigenvalue weighted by Gasteiger charge is 2.42. The highest BCUT2D eigenvalue weighted by molar-refractivity contribution is 6.31. The van der Waals surface area contributed by atoms with Crippen LogP contribution in [0.15, 0.2) is 36.4 Å². The minimum Gasteiger partial charge on any atom is -0.507 e. The molecule has 162 valence electrons. The van der Waals surface area contributed by atoms with Crippen molar-refractivity contribution >= 4 is 17.5 Å². The van der Waals surface area contributed by atoms with Crippen LogP contribution in [-0.4, -0.2) is 58.6 Å². The van der Waals surface area contributed by atoms with Crippen LogP contribution in [0.25, 0.3) is 11.3 Å². The zero-order valence-corrected chi connectivity index (χ0v) is 17.8. The lowest BCUT2D eigenvalue weighted by atomic mass is 9.95. The summed E-state index contributed by atoms with van der Waals surface area (Å²) in [6.07, 6.45) is 0.422. The van der Waals surface area contributed by atoms with Gasteiger partial charge in [-0.15, -0.1) is 0 Å². The van der Waals surface area contributed by atoms with E-state index in [0.29, 0.717) is 52.0 Å². The van der Waals surface area contributed by atoms with E-state index in [4.69, 9.17) is 21.1 Å². The van der Waals surface area contributed by atoms with E-state index in [0.717, 1.165) is 5.56 Å². The van der Waals surface area contributed by atoms with Crippen molar-refractivity contribution in [1.82, 2.24) is 15.1 Å². The van der Waals surface area contributed by atoms with Crippen LogP contribution in [0.3, 0.4) is 0 Å². The Kier molecular flexibility index (Phi) is 5.75. The van der Waals surface area contributed by atoms with E-state index in [2.05, 4.69) is 10.2 Å². The van der Waals surface area contributed by atoms with Gasteiger partial charge in [-0.05, 0) is 42.3 Å². The minimum atomic E-state index is -0.499. The number of hydrogen-bond acceptors (Lipinski definition) is 6. The van der Waals surface area contributed by atoms with Gasteiger partial charge in [0.2, 0.25) is 0 Å². The molecule has 1 amide bonds. The van der Waals surface area contributed by atoms with Crippen LogP contribution in [0.1, 0.15) is 34.1 Å². The number of phenols is 1. The number of methoxy groups -OCH3 is 2. The number of fused-ring (bicyclic) bond motifs is 1. The van der Waals surface area contributed by atoms with Gasteiger partial charge in [-0.25, -0.2) is 0 Å². The zero-order valence-electron chi connectivity index (χ0n) is 17.1. The van der Waals surface area contributed by atoms with E-state index in [9.17, 15) is 15.0 Å². The number of aliphatic hydroxyl groups excluding tert-OH is 1. The van der Waals surface area contributed by atoms with Crippen LogP contribution in [0.2, 0.25) is 5.02 Å². The second-order valence-electron chi connectivity index (χ2n) is 7.12. The largest absolute Gasteiger partial charge is 0.507 e. The summed E-state index contributed by atoms with van der Waals surface area (Å²) in [6, 6.07) is 9.63. The maximum atomic E-state index is 13.2. The monoisotopic (exact) mass is 443 g/mol. The summed E-state index contributed by atoms with van der Waals surface area (Å²) in [4.78, 5) is 14.9. The van der Waals surface area contributed by atoms with Gasteiger partial charge in [-0.1, -0.05) is 17.7 Å². The highest BCUT2D eigenvalue weighted by Crippen LogP contribution is 2.46. The van der Waals surface area contributed by atoms with E-state index in [-0.39, 0.29) is 18.3 Å². The molecule has 1 atom stereocenters. The van der Waals surface area contributed by atoms with Crippen molar-refractivity contribution in [3.05, 3.63) is 58.2 Å². The Morgan fingerprint density at radius 1 is 1.16 bits per heavy atom. The summed E-state index contributed by atoms with van der Waals surface area (Å²) >= 11 is 6.15. The molecule has 4 rings (SSSR count). The maximum absolute atomic E-state index is 13.2. The first-order chi connectivity index (χ1) is 15.0. The maximum Gasteiger partial charge on any atom is 0.273 e. The van der Waals surface area contributed by atoms with Gasteiger partial charge in [0.25, 0.3) is 5.91 Å². The average molecular weight is 444 g/mol. The molecule has 0 radical (unpaired) electrons. The Labute approximate surface area is 184 Å². The molecular formula is C22H22ClN3O5. The Bertz CT molecular complexity index is 1130. The zero-order chi connectivity index (χ0) is 22.1. The molecule has 0 aliphatic carbocycles. The average Bonchev–Trinajstić information content (AvgIpc) is 3.32. The number of ether oxygens (including phenoxy) is 2. The smallest absolute Gasteiger partial charge is 0.273 e. The minimum absolute atomic E-state index is 0.00557. The first-order valence-electron chi connectivity index (χ1n) is 9.71. The molecule has 1 aliphatic heterocycles. The van der Waals surface area contributed by atoms with Crippen molar-refractivity contribution in [3.8, 4) is 28.5 Å². The lowest BCUT2D eigenvalue weighted by Crippen LogP contribution is -2.31. The summed E-state index contributed by atoms with van der Waals surface area (Å²) in [5.74, 6) is 0.866. The first-order valence-corrected chi connectivity index (χ1v) is 10.1. The first kappa shape index (κ1) is 21.0. The number of aromatic nitrogens is 2. The summed E-state index contributed by atoms with van der Waals surface area (Å²) in [7, 11) is 3.10. The Hall–Kier alpha value is -3.23. The third-order valence-electron chi connectivity index (χ3n) is 5.36. The van der Waals surface area contributed by atoms with Gasteiger partial charge in [0, 0.05) is 29.3 Å². The molecule has 2 heterocycles. The SMILES string of the molecule is COc1ccc(C2c3c(-c4cc(Cl)ccc4O)n[nH]c3C(=O)N2CCCO)cc1OC. The molecular weight excluding hydrogens is 422 g/mol. The number of benzene rings is 2. The summed E-state index contributed by atoms with van der Waals surface area (Å²) < 4.78 is 10.8. The number of carbonyl (C=O) groups excluding carboxylic acids is 1.